The highest BCUT2D eigenvalue weighted by Crippen LogP contribution is 1.84. The molecule has 0 bridgehead atoms. The molecule has 0 N–H and O–H groups in total. The van der Waals surface area contributed by atoms with Crippen LogP contribution in [0.25, 0.3) is 10.4 Å². The normalized spacial score (nSPS) is 10.3. The van der Waals surface area contributed by atoms with Crippen molar-refractivity contribution in [3.63, 3.8) is 0 Å². The molecule has 0 radical (unpaired) electrons. The van der Waals surface area contributed by atoms with E-state index in [0.29, 0.717) is 85.8 Å². The maximum absolute atomic E-state index is 8.06. The molecule has 0 spiro atoms. The zero-order valence-corrected chi connectivity index (χ0v) is 14.1. The average Bonchev–Trinajstić information content (AvgIpc) is 2.60. The maximum atomic E-state index is 8.06. The summed E-state index contributed by atoms with van der Waals surface area (Å²) in [7, 11) is 0. The van der Waals surface area contributed by atoms with Crippen LogP contribution < -0.4 is 0 Å². The standard InChI is InChI=1S/C15H27N3O6/c1-2-4-19-6-8-21-10-12-23-14-15-24-13-11-22-9-7-20-5-3-17-18-16/h1H,3-15H2. The van der Waals surface area contributed by atoms with Gasteiger partial charge in [-0.1, -0.05) is 11.0 Å². The van der Waals surface area contributed by atoms with Crippen molar-refractivity contribution in [2.75, 3.05) is 85.8 Å². The van der Waals surface area contributed by atoms with Crippen molar-refractivity contribution < 1.29 is 28.4 Å². The Morgan fingerprint density at radius 3 is 1.42 bits per heavy atom. The summed E-state index contributed by atoms with van der Waals surface area (Å²) in [6.45, 7) is 6.07. The molecule has 0 aromatic heterocycles. The summed E-state index contributed by atoms with van der Waals surface area (Å²) >= 11 is 0. The number of hydrogen-bond acceptors (Lipinski definition) is 7. The molecule has 0 aromatic carbocycles. The van der Waals surface area contributed by atoms with Gasteiger partial charge in [-0.05, 0) is 5.53 Å². The Balaban J connectivity index is 2.98. The third-order valence-corrected chi connectivity index (χ3v) is 2.44. The molecule has 0 aromatic rings. The van der Waals surface area contributed by atoms with E-state index in [4.69, 9.17) is 40.4 Å². The molecule has 0 heterocycles. The van der Waals surface area contributed by atoms with E-state index in [9.17, 15) is 0 Å². The van der Waals surface area contributed by atoms with Crippen LogP contribution in [0.15, 0.2) is 5.11 Å². The first-order chi connectivity index (χ1) is 11.9. The van der Waals surface area contributed by atoms with Crippen LogP contribution in [0.2, 0.25) is 0 Å². The minimum absolute atomic E-state index is 0.311. The van der Waals surface area contributed by atoms with Gasteiger partial charge in [0.25, 0.3) is 0 Å². The van der Waals surface area contributed by atoms with Gasteiger partial charge in [-0.2, -0.15) is 0 Å². The van der Waals surface area contributed by atoms with Gasteiger partial charge in [0.2, 0.25) is 0 Å². The van der Waals surface area contributed by atoms with Crippen molar-refractivity contribution >= 4 is 0 Å². The Bertz CT molecular complexity index is 345. The van der Waals surface area contributed by atoms with Gasteiger partial charge in [-0.15, -0.1) is 6.42 Å². The fraction of sp³-hybridized carbons (Fsp3) is 0.867. The Labute approximate surface area is 143 Å². The van der Waals surface area contributed by atoms with Crippen LogP contribution in [0.5, 0.6) is 0 Å². The van der Waals surface area contributed by atoms with Crippen molar-refractivity contribution in [2.45, 2.75) is 0 Å². The lowest BCUT2D eigenvalue weighted by atomic mass is 10.6. The van der Waals surface area contributed by atoms with Gasteiger partial charge in [-0.25, -0.2) is 0 Å². The maximum Gasteiger partial charge on any atom is 0.107 e. The van der Waals surface area contributed by atoms with Crippen molar-refractivity contribution in [1.29, 1.82) is 0 Å². The molecule has 138 valence electrons. The van der Waals surface area contributed by atoms with E-state index in [0.717, 1.165) is 0 Å². The summed E-state index contributed by atoms with van der Waals surface area (Å²) in [4.78, 5) is 2.62. The van der Waals surface area contributed by atoms with E-state index in [1.54, 1.807) is 0 Å². The van der Waals surface area contributed by atoms with Gasteiger partial charge < -0.3 is 28.4 Å². The van der Waals surface area contributed by atoms with Crippen molar-refractivity contribution in [3.8, 4) is 12.3 Å². The predicted molar refractivity (Wildman–Crippen MR) is 87.8 cm³/mol. The van der Waals surface area contributed by atoms with E-state index in [1.807, 2.05) is 0 Å². The zero-order valence-electron chi connectivity index (χ0n) is 14.1. The lowest BCUT2D eigenvalue weighted by Gasteiger charge is -2.07. The minimum Gasteiger partial charge on any atom is -0.379 e. The van der Waals surface area contributed by atoms with Crippen LogP contribution in [0.3, 0.4) is 0 Å². The highest BCUT2D eigenvalue weighted by molar-refractivity contribution is 4.82. The number of nitrogens with zero attached hydrogens (tertiary/aromatic N) is 3. The van der Waals surface area contributed by atoms with Crippen LogP contribution in [-0.4, -0.2) is 85.8 Å². The van der Waals surface area contributed by atoms with Gasteiger partial charge >= 0.3 is 0 Å². The molecule has 0 fully saturated rings. The average molecular weight is 345 g/mol. The highest BCUT2D eigenvalue weighted by atomic mass is 16.6. The second-order valence-corrected chi connectivity index (χ2v) is 4.27. The second-order valence-electron chi connectivity index (χ2n) is 4.27. The van der Waals surface area contributed by atoms with Crippen LogP contribution in [0.1, 0.15) is 0 Å². The predicted octanol–water partition coefficient (Wildman–Crippen LogP) is 1.03. The van der Waals surface area contributed by atoms with Gasteiger partial charge in [-0.3, -0.25) is 0 Å². The van der Waals surface area contributed by atoms with Crippen molar-refractivity contribution in [2.24, 2.45) is 5.11 Å². The Morgan fingerprint density at radius 2 is 1.04 bits per heavy atom. The summed E-state index contributed by atoms with van der Waals surface area (Å²) in [5, 5.41) is 3.35. The van der Waals surface area contributed by atoms with Crippen LogP contribution in [0.4, 0.5) is 0 Å². The number of hydrogen-bond donors (Lipinski definition) is 0. The molecule has 0 saturated carbocycles. The van der Waals surface area contributed by atoms with E-state index in [2.05, 4.69) is 15.9 Å². The largest absolute Gasteiger partial charge is 0.379 e. The number of terminal acetylenes is 1. The second kappa shape index (κ2) is 21.6. The Morgan fingerprint density at radius 1 is 0.667 bits per heavy atom. The van der Waals surface area contributed by atoms with Crippen LogP contribution in [0, 0.1) is 12.3 Å². The molecular weight excluding hydrogens is 318 g/mol. The quantitative estimate of drug-likeness (QED) is 0.114. The van der Waals surface area contributed by atoms with E-state index >= 15 is 0 Å². The lowest BCUT2D eigenvalue weighted by molar-refractivity contribution is -0.0151. The molecule has 0 aliphatic carbocycles. The molecule has 9 nitrogen and oxygen atoms in total. The molecule has 0 rings (SSSR count). The molecule has 0 atom stereocenters. The van der Waals surface area contributed by atoms with Crippen LogP contribution >= 0.6 is 0 Å². The minimum atomic E-state index is 0.311. The first kappa shape index (κ1) is 22.6. The molecule has 24 heavy (non-hydrogen) atoms. The summed E-state index contributed by atoms with van der Waals surface area (Å²) < 4.78 is 31.5. The first-order valence-electron chi connectivity index (χ1n) is 7.82. The lowest BCUT2D eigenvalue weighted by Crippen LogP contribution is -2.14. The summed E-state index contributed by atoms with van der Waals surface area (Å²) in [5.41, 5.74) is 8.06. The van der Waals surface area contributed by atoms with Crippen LogP contribution in [-0.2, 0) is 28.4 Å². The monoisotopic (exact) mass is 345 g/mol. The van der Waals surface area contributed by atoms with E-state index in [-0.39, 0.29) is 0 Å². The Kier molecular flexibility index (Phi) is 20.4. The van der Waals surface area contributed by atoms with E-state index in [1.165, 1.54) is 0 Å². The number of ether oxygens (including phenoxy) is 6. The Hall–Kier alpha value is -1.37. The molecule has 0 aliphatic rings. The SMILES string of the molecule is C#CCOCCOCCOCCOCCOCCOCCN=[N+]=[N-]. The first-order valence-corrected chi connectivity index (χ1v) is 7.82. The van der Waals surface area contributed by atoms with E-state index < -0.39 is 0 Å². The molecule has 0 amide bonds. The third-order valence-electron chi connectivity index (χ3n) is 2.44. The van der Waals surface area contributed by atoms with Gasteiger partial charge in [0.15, 0.2) is 0 Å². The third kappa shape index (κ3) is 20.6. The molecule has 0 saturated heterocycles. The molecular formula is C15H27N3O6. The van der Waals surface area contributed by atoms with Gasteiger partial charge in [0, 0.05) is 11.5 Å². The fourth-order valence-corrected chi connectivity index (χ4v) is 1.38. The zero-order chi connectivity index (χ0) is 17.6. The smallest absolute Gasteiger partial charge is 0.107 e. The number of azide groups is 1. The summed E-state index contributed by atoms with van der Waals surface area (Å²) in [5.74, 6) is 2.38. The molecule has 0 aliphatic heterocycles. The molecule has 0 unspecified atom stereocenters. The van der Waals surface area contributed by atoms with Gasteiger partial charge in [0.05, 0.1) is 72.7 Å². The fourth-order valence-electron chi connectivity index (χ4n) is 1.38. The molecule has 9 heteroatoms. The van der Waals surface area contributed by atoms with Crippen molar-refractivity contribution in [3.05, 3.63) is 10.4 Å². The summed E-state index contributed by atoms with van der Waals surface area (Å²) in [6, 6.07) is 0. The van der Waals surface area contributed by atoms with Gasteiger partial charge in [0.1, 0.15) is 6.61 Å². The van der Waals surface area contributed by atoms with Crippen molar-refractivity contribution in [1.82, 2.24) is 0 Å². The highest BCUT2D eigenvalue weighted by Gasteiger charge is 1.93. The topological polar surface area (TPSA) is 104 Å². The summed E-state index contributed by atoms with van der Waals surface area (Å²) in [6.07, 6.45) is 5.04. The number of rotatable bonds is 19.